The summed E-state index contributed by atoms with van der Waals surface area (Å²) < 4.78 is 23.6. The number of carbonyl (C=O) groups is 1. The molecule has 1 heterocycles. The number of ether oxygens (including phenoxy) is 4. The maximum Gasteiger partial charge on any atom is 0.242 e. The normalized spacial score (nSPS) is 22.1. The molecule has 5 atom stereocenters. The summed E-state index contributed by atoms with van der Waals surface area (Å²) in [6.45, 7) is 0.0857. The summed E-state index contributed by atoms with van der Waals surface area (Å²) in [4.78, 5) is 16.3. The zero-order valence-electron chi connectivity index (χ0n) is 22.8. The van der Waals surface area contributed by atoms with Gasteiger partial charge in [0.1, 0.15) is 36.6 Å². The highest BCUT2D eigenvalue weighted by molar-refractivity contribution is 5.83. The predicted molar refractivity (Wildman–Crippen MR) is 153 cm³/mol. The van der Waals surface area contributed by atoms with Gasteiger partial charge in [0.05, 0.1) is 19.8 Å². The van der Waals surface area contributed by atoms with Crippen LogP contribution in [0, 0.1) is 0 Å². The molecule has 3 aromatic rings. The van der Waals surface area contributed by atoms with Crippen LogP contribution in [-0.4, -0.2) is 73.0 Å². The van der Waals surface area contributed by atoms with Gasteiger partial charge in [-0.15, -0.1) is 0 Å². The number of nitrogens with one attached hydrogen (secondary N) is 1. The van der Waals surface area contributed by atoms with E-state index >= 15 is 0 Å². The van der Waals surface area contributed by atoms with Gasteiger partial charge in [0.25, 0.3) is 0 Å². The number of aliphatic imine (C=N–C) groups is 1. The number of phenols is 1. The van der Waals surface area contributed by atoms with Crippen LogP contribution in [-0.2, 0) is 37.0 Å². The van der Waals surface area contributed by atoms with Gasteiger partial charge in [-0.05, 0) is 34.4 Å². The van der Waals surface area contributed by atoms with Crippen molar-refractivity contribution in [2.24, 2.45) is 16.5 Å². The van der Waals surface area contributed by atoms with Crippen molar-refractivity contribution < 1.29 is 34.0 Å². The van der Waals surface area contributed by atoms with E-state index in [1.165, 1.54) is 7.11 Å². The molecule has 0 aromatic heterocycles. The number of phenolic OH excluding ortho intramolecular Hbond substituents is 1. The third-order valence-corrected chi connectivity index (χ3v) is 6.62. The Balaban J connectivity index is 1.42. The summed E-state index contributed by atoms with van der Waals surface area (Å²) in [5.74, 6) is -0.654. The van der Waals surface area contributed by atoms with E-state index in [2.05, 4.69) is 22.4 Å². The molecule has 7 N–H and O–H groups in total. The first kappa shape index (κ1) is 30.0. The fourth-order valence-electron chi connectivity index (χ4n) is 4.57. The Morgan fingerprint density at radius 3 is 2.39 bits per heavy atom. The van der Waals surface area contributed by atoms with Crippen LogP contribution in [0.4, 0.5) is 0 Å². The fourth-order valence-corrected chi connectivity index (χ4v) is 4.57. The Morgan fingerprint density at radius 2 is 1.71 bits per heavy atom. The number of carbonyl (C=O) groups excluding carboxylic acids is 1. The molecule has 0 aliphatic carbocycles. The van der Waals surface area contributed by atoms with E-state index in [9.17, 15) is 15.0 Å². The summed E-state index contributed by atoms with van der Waals surface area (Å²) in [5, 5.41) is 23.6. The standard InChI is InChI=1S/C30H36N4O7/c1-38-28-26(34-25(36)15-33-30(31)32)29(40-17-20-6-5-9-23(35)14-20)41-24(27(28)37)18-39-16-19-10-12-22(13-11-19)21-7-3-2-4-8-21/h2-14,24,26-29,35,37H,15-18H2,1H3,(H,34,36)(H4,31,32,33)/t24-,26-,27-,28-,29?/m1/s1. The lowest BCUT2D eigenvalue weighted by molar-refractivity contribution is -0.279. The van der Waals surface area contributed by atoms with Crippen molar-refractivity contribution in [3.63, 3.8) is 0 Å². The number of nitrogens with two attached hydrogens (primary N) is 2. The van der Waals surface area contributed by atoms with Crippen LogP contribution >= 0.6 is 0 Å². The smallest absolute Gasteiger partial charge is 0.242 e. The second kappa shape index (κ2) is 14.6. The number of aliphatic hydroxyl groups excluding tert-OH is 1. The number of aliphatic hydroxyl groups is 1. The molecule has 3 aromatic carbocycles. The molecule has 0 saturated carbocycles. The summed E-state index contributed by atoms with van der Waals surface area (Å²) in [7, 11) is 1.42. The summed E-state index contributed by atoms with van der Waals surface area (Å²) in [5.41, 5.74) is 14.6. The van der Waals surface area contributed by atoms with Gasteiger partial charge < -0.3 is 45.9 Å². The Labute approximate surface area is 238 Å². The Hall–Kier alpha value is -4.00. The molecule has 0 radical (unpaired) electrons. The van der Waals surface area contributed by atoms with Crippen LogP contribution in [0.3, 0.4) is 0 Å². The molecular weight excluding hydrogens is 528 g/mol. The second-order valence-electron chi connectivity index (χ2n) is 9.63. The second-order valence-corrected chi connectivity index (χ2v) is 9.63. The lowest BCUT2D eigenvalue weighted by Crippen LogP contribution is -2.65. The molecule has 1 saturated heterocycles. The first-order chi connectivity index (χ1) is 19.8. The van der Waals surface area contributed by atoms with Gasteiger partial charge in [0.15, 0.2) is 12.2 Å². The third-order valence-electron chi connectivity index (χ3n) is 6.62. The first-order valence-electron chi connectivity index (χ1n) is 13.2. The Bertz CT molecular complexity index is 1290. The van der Waals surface area contributed by atoms with E-state index in [4.69, 9.17) is 30.4 Å². The number of hydrogen-bond donors (Lipinski definition) is 5. The molecule has 0 bridgehead atoms. The highest BCUT2D eigenvalue weighted by atomic mass is 16.7. The van der Waals surface area contributed by atoms with Crippen LogP contribution in [0.2, 0.25) is 0 Å². The van der Waals surface area contributed by atoms with E-state index < -0.39 is 36.6 Å². The quantitative estimate of drug-likeness (QED) is 0.162. The molecule has 4 rings (SSSR count). The van der Waals surface area contributed by atoms with E-state index in [1.807, 2.05) is 42.5 Å². The van der Waals surface area contributed by atoms with Crippen molar-refractivity contribution in [3.05, 3.63) is 90.0 Å². The van der Waals surface area contributed by atoms with Gasteiger partial charge in [-0.3, -0.25) is 4.79 Å². The van der Waals surface area contributed by atoms with E-state index in [0.717, 1.165) is 16.7 Å². The van der Waals surface area contributed by atoms with Gasteiger partial charge in [-0.2, -0.15) is 0 Å². The van der Waals surface area contributed by atoms with Gasteiger partial charge in [0.2, 0.25) is 5.91 Å². The molecule has 218 valence electrons. The van der Waals surface area contributed by atoms with Gasteiger partial charge in [-0.1, -0.05) is 66.7 Å². The molecule has 1 unspecified atom stereocenters. The minimum absolute atomic E-state index is 0.0438. The van der Waals surface area contributed by atoms with Crippen molar-refractivity contribution in [3.8, 4) is 16.9 Å². The first-order valence-corrected chi connectivity index (χ1v) is 13.2. The van der Waals surface area contributed by atoms with Crippen LogP contribution in [0.15, 0.2) is 83.9 Å². The van der Waals surface area contributed by atoms with Crippen LogP contribution in [0.5, 0.6) is 5.75 Å². The van der Waals surface area contributed by atoms with Gasteiger partial charge in [-0.25, -0.2) is 4.99 Å². The number of methoxy groups -OCH3 is 1. The minimum Gasteiger partial charge on any atom is -0.508 e. The molecule has 1 amide bonds. The zero-order chi connectivity index (χ0) is 29.2. The molecule has 1 fully saturated rings. The number of benzene rings is 3. The molecule has 1 aliphatic heterocycles. The SMILES string of the molecule is CO[C@H]1[C@H](O)[C@@H](COCc2ccc(-c3ccccc3)cc2)OC(OCc2cccc(O)c2)[C@@H]1NC(=O)CN=C(N)N. The maximum atomic E-state index is 12.5. The van der Waals surface area contributed by atoms with Gasteiger partial charge in [0, 0.05) is 7.11 Å². The predicted octanol–water partition coefficient (Wildman–Crippen LogP) is 1.65. The third kappa shape index (κ3) is 8.49. The lowest BCUT2D eigenvalue weighted by Gasteiger charge is -2.44. The fraction of sp³-hybridized carbons (Fsp3) is 0.333. The average Bonchev–Trinajstić information content (AvgIpc) is 2.97. The van der Waals surface area contributed by atoms with Crippen molar-refractivity contribution in [2.75, 3.05) is 20.3 Å². The number of hydrogen-bond acceptors (Lipinski definition) is 8. The van der Waals surface area contributed by atoms with E-state index in [-0.39, 0.29) is 31.5 Å². The molecule has 11 nitrogen and oxygen atoms in total. The summed E-state index contributed by atoms with van der Waals surface area (Å²) in [6.07, 6.45) is -3.87. The lowest BCUT2D eigenvalue weighted by atomic mass is 9.96. The monoisotopic (exact) mass is 564 g/mol. The summed E-state index contributed by atoms with van der Waals surface area (Å²) >= 11 is 0. The molecule has 41 heavy (non-hydrogen) atoms. The number of nitrogens with zero attached hydrogens (tertiary/aromatic N) is 1. The van der Waals surface area contributed by atoms with Crippen molar-refractivity contribution >= 4 is 11.9 Å². The number of aromatic hydroxyl groups is 1. The van der Waals surface area contributed by atoms with Crippen molar-refractivity contribution in [1.29, 1.82) is 0 Å². The topological polar surface area (TPSA) is 171 Å². The molecule has 11 heteroatoms. The summed E-state index contributed by atoms with van der Waals surface area (Å²) in [6, 6.07) is 23.8. The minimum atomic E-state index is -1.14. The molecule has 0 spiro atoms. The molecule has 1 aliphatic rings. The number of guanidine groups is 1. The Morgan fingerprint density at radius 1 is 0.976 bits per heavy atom. The maximum absolute atomic E-state index is 12.5. The van der Waals surface area contributed by atoms with Crippen LogP contribution < -0.4 is 16.8 Å². The van der Waals surface area contributed by atoms with Crippen LogP contribution in [0.25, 0.3) is 11.1 Å². The van der Waals surface area contributed by atoms with E-state index in [0.29, 0.717) is 12.2 Å². The van der Waals surface area contributed by atoms with Crippen molar-refractivity contribution in [1.82, 2.24) is 5.32 Å². The van der Waals surface area contributed by atoms with Crippen molar-refractivity contribution in [2.45, 2.75) is 43.9 Å². The number of amides is 1. The van der Waals surface area contributed by atoms with Gasteiger partial charge >= 0.3 is 0 Å². The highest BCUT2D eigenvalue weighted by Gasteiger charge is 2.47. The molecular formula is C30H36N4O7. The zero-order valence-corrected chi connectivity index (χ0v) is 22.8. The largest absolute Gasteiger partial charge is 0.508 e. The number of rotatable bonds is 12. The Kier molecular flexibility index (Phi) is 10.7. The van der Waals surface area contributed by atoms with Crippen LogP contribution in [0.1, 0.15) is 11.1 Å². The highest BCUT2D eigenvalue weighted by Crippen LogP contribution is 2.26. The van der Waals surface area contributed by atoms with E-state index in [1.54, 1.807) is 24.3 Å². The average molecular weight is 565 g/mol.